The molecule has 0 atom stereocenters. The monoisotopic (exact) mass is 571 g/mol. The lowest BCUT2D eigenvalue weighted by molar-refractivity contribution is -0.132. The molecule has 0 unspecified atom stereocenters. The molecule has 234 valence electrons. The first-order chi connectivity index (χ1) is 19.2. The van der Waals surface area contributed by atoms with E-state index < -0.39 is 0 Å². The highest BCUT2D eigenvalue weighted by molar-refractivity contribution is 5.73. The summed E-state index contributed by atoms with van der Waals surface area (Å²) in [5, 5.41) is 0. The third kappa shape index (κ3) is 15.6. The zero-order valence-corrected chi connectivity index (χ0v) is 26.0. The number of carbonyl (C=O) groups excluding carboxylic acids is 2. The van der Waals surface area contributed by atoms with Crippen LogP contribution < -0.4 is 0 Å². The maximum Gasteiger partial charge on any atom is 0.219 e. The van der Waals surface area contributed by atoms with Crippen molar-refractivity contribution in [1.82, 2.24) is 24.5 Å². The van der Waals surface area contributed by atoms with Gasteiger partial charge in [-0.25, -0.2) is 0 Å². The second-order valence-electron chi connectivity index (χ2n) is 11.3. The number of ether oxygens (including phenoxy) is 4. The normalized spacial score (nSPS) is 17.5. The summed E-state index contributed by atoms with van der Waals surface area (Å²) in [5.74, 6) is 0.324. The van der Waals surface area contributed by atoms with Gasteiger partial charge in [-0.05, 0) is 46.8 Å². The van der Waals surface area contributed by atoms with Gasteiger partial charge in [0, 0.05) is 79.3 Å². The van der Waals surface area contributed by atoms with E-state index in [9.17, 15) is 9.59 Å². The molecule has 2 saturated heterocycles. The molecule has 0 radical (unpaired) electrons. The number of likely N-dealkylation sites (tertiary alicyclic amines) is 2. The highest BCUT2D eigenvalue weighted by Crippen LogP contribution is 2.14. The predicted octanol–water partition coefficient (Wildman–Crippen LogP) is 0.870. The summed E-state index contributed by atoms with van der Waals surface area (Å²) in [5.41, 5.74) is 0. The lowest BCUT2D eigenvalue weighted by Gasteiger charge is -2.31. The van der Waals surface area contributed by atoms with Gasteiger partial charge in [-0.1, -0.05) is 0 Å². The maximum absolute atomic E-state index is 11.4. The van der Waals surface area contributed by atoms with E-state index in [2.05, 4.69) is 35.8 Å². The minimum atomic E-state index is 0.162. The molecule has 2 heterocycles. The van der Waals surface area contributed by atoms with Crippen LogP contribution in [0.4, 0.5) is 0 Å². The Hall–Kier alpha value is -1.34. The van der Waals surface area contributed by atoms with Crippen molar-refractivity contribution in [3.8, 4) is 0 Å². The molecule has 0 bridgehead atoms. The van der Waals surface area contributed by atoms with E-state index in [0.29, 0.717) is 26.4 Å². The van der Waals surface area contributed by atoms with Crippen LogP contribution in [0.2, 0.25) is 0 Å². The van der Waals surface area contributed by atoms with E-state index in [1.54, 1.807) is 13.8 Å². The summed E-state index contributed by atoms with van der Waals surface area (Å²) in [7, 11) is 6.29. The van der Waals surface area contributed by atoms with E-state index in [1.807, 2.05) is 9.80 Å². The fourth-order valence-electron chi connectivity index (χ4n) is 4.85. The van der Waals surface area contributed by atoms with Gasteiger partial charge in [0.15, 0.2) is 0 Å². The Morgan fingerprint density at radius 3 is 1.10 bits per heavy atom. The van der Waals surface area contributed by atoms with Crippen LogP contribution >= 0.6 is 0 Å². The van der Waals surface area contributed by atoms with Gasteiger partial charge in [0.1, 0.15) is 0 Å². The Bertz CT molecular complexity index is 630. The summed E-state index contributed by atoms with van der Waals surface area (Å²) in [6.45, 7) is 16.1. The van der Waals surface area contributed by atoms with Gasteiger partial charge in [0.25, 0.3) is 0 Å². The first kappa shape index (κ1) is 34.9. The minimum Gasteiger partial charge on any atom is -0.379 e. The lowest BCUT2D eigenvalue weighted by Crippen LogP contribution is -2.40. The molecular formula is C29H57N5O6. The Morgan fingerprint density at radius 2 is 0.825 bits per heavy atom. The van der Waals surface area contributed by atoms with Gasteiger partial charge in [-0.15, -0.1) is 0 Å². The predicted molar refractivity (Wildman–Crippen MR) is 157 cm³/mol. The lowest BCUT2D eigenvalue weighted by atomic mass is 10.1. The molecule has 0 aromatic rings. The molecule has 2 aliphatic rings. The molecule has 0 aromatic carbocycles. The Kier molecular flexibility index (Phi) is 17.9. The number of hydrogen-bond acceptors (Lipinski definition) is 9. The van der Waals surface area contributed by atoms with Gasteiger partial charge in [0.2, 0.25) is 11.8 Å². The molecule has 11 nitrogen and oxygen atoms in total. The highest BCUT2D eigenvalue weighted by atomic mass is 16.5. The molecular weight excluding hydrogens is 514 g/mol. The SMILES string of the molecule is CC(=O)N1CCC(OCCN(C)CCOCCN(C)CCOCCN(C)CCOC2CCN(C(C)=O)CC2)CC1. The van der Waals surface area contributed by atoms with Crippen molar-refractivity contribution in [2.24, 2.45) is 0 Å². The van der Waals surface area contributed by atoms with Gasteiger partial charge >= 0.3 is 0 Å². The molecule has 0 saturated carbocycles. The van der Waals surface area contributed by atoms with Crippen molar-refractivity contribution in [2.75, 3.05) is 126 Å². The molecule has 0 spiro atoms. The maximum atomic E-state index is 11.4. The van der Waals surface area contributed by atoms with E-state index >= 15 is 0 Å². The van der Waals surface area contributed by atoms with Crippen LogP contribution in [-0.4, -0.2) is 175 Å². The standard InChI is InChI=1S/C29H57N5O6/c1-26(35)33-10-6-28(7-11-33)39-24-18-31(4)16-22-37-20-14-30(3)15-21-38-23-17-32(5)19-25-40-29-8-12-34(13-9-29)27(2)36/h28-29H,6-25H2,1-5H3. The third-order valence-electron chi connectivity index (χ3n) is 7.90. The van der Waals surface area contributed by atoms with E-state index in [4.69, 9.17) is 18.9 Å². The quantitative estimate of drug-likeness (QED) is 0.198. The number of rotatable bonds is 20. The smallest absolute Gasteiger partial charge is 0.219 e. The number of piperidine rings is 2. The molecule has 0 N–H and O–H groups in total. The van der Waals surface area contributed by atoms with Crippen LogP contribution in [0.25, 0.3) is 0 Å². The van der Waals surface area contributed by atoms with Crippen molar-refractivity contribution in [3.63, 3.8) is 0 Å². The number of nitrogens with zero attached hydrogens (tertiary/aromatic N) is 5. The first-order valence-electron chi connectivity index (χ1n) is 15.2. The fraction of sp³-hybridized carbons (Fsp3) is 0.931. The van der Waals surface area contributed by atoms with Gasteiger partial charge in [-0.3, -0.25) is 9.59 Å². The van der Waals surface area contributed by atoms with Gasteiger partial charge in [0.05, 0.1) is 51.8 Å². The number of amides is 2. The molecule has 2 fully saturated rings. The summed E-state index contributed by atoms with van der Waals surface area (Å²) in [6, 6.07) is 0. The average molecular weight is 572 g/mol. The number of carbonyl (C=O) groups is 2. The van der Waals surface area contributed by atoms with Gasteiger partial charge in [-0.2, -0.15) is 0 Å². The first-order valence-corrected chi connectivity index (χ1v) is 15.2. The van der Waals surface area contributed by atoms with Crippen LogP contribution in [0.15, 0.2) is 0 Å². The molecule has 40 heavy (non-hydrogen) atoms. The van der Waals surface area contributed by atoms with Crippen molar-refractivity contribution < 1.29 is 28.5 Å². The van der Waals surface area contributed by atoms with Crippen molar-refractivity contribution >= 4 is 11.8 Å². The van der Waals surface area contributed by atoms with Crippen LogP contribution in [0.5, 0.6) is 0 Å². The second-order valence-corrected chi connectivity index (χ2v) is 11.3. The zero-order valence-electron chi connectivity index (χ0n) is 26.0. The fourth-order valence-corrected chi connectivity index (χ4v) is 4.85. The topological polar surface area (TPSA) is 87.3 Å². The minimum absolute atomic E-state index is 0.162. The largest absolute Gasteiger partial charge is 0.379 e. The second kappa shape index (κ2) is 20.5. The third-order valence-corrected chi connectivity index (χ3v) is 7.90. The summed E-state index contributed by atoms with van der Waals surface area (Å²) < 4.78 is 23.6. The molecule has 11 heteroatoms. The van der Waals surface area contributed by atoms with Crippen LogP contribution in [0, 0.1) is 0 Å². The van der Waals surface area contributed by atoms with Crippen LogP contribution in [0.3, 0.4) is 0 Å². The number of likely N-dealkylation sites (N-methyl/N-ethyl adjacent to an activating group) is 3. The van der Waals surface area contributed by atoms with E-state index in [0.717, 1.165) is 104 Å². The summed E-state index contributed by atoms with van der Waals surface area (Å²) in [4.78, 5) is 33.3. The van der Waals surface area contributed by atoms with E-state index in [1.165, 1.54) is 0 Å². The van der Waals surface area contributed by atoms with Crippen LogP contribution in [0.1, 0.15) is 39.5 Å². The molecule has 0 aromatic heterocycles. The van der Waals surface area contributed by atoms with Crippen LogP contribution in [-0.2, 0) is 28.5 Å². The van der Waals surface area contributed by atoms with Crippen molar-refractivity contribution in [1.29, 1.82) is 0 Å². The Labute approximate surface area is 243 Å². The Morgan fingerprint density at radius 1 is 0.550 bits per heavy atom. The molecule has 2 amide bonds. The van der Waals surface area contributed by atoms with Crippen molar-refractivity contribution in [2.45, 2.75) is 51.7 Å². The molecule has 0 aliphatic carbocycles. The zero-order chi connectivity index (χ0) is 29.2. The van der Waals surface area contributed by atoms with Gasteiger partial charge < -0.3 is 43.4 Å². The number of hydrogen-bond donors (Lipinski definition) is 0. The Balaban J connectivity index is 1.33. The average Bonchev–Trinajstić information content (AvgIpc) is 2.93. The summed E-state index contributed by atoms with van der Waals surface area (Å²) >= 11 is 0. The van der Waals surface area contributed by atoms with E-state index in [-0.39, 0.29) is 24.0 Å². The molecule has 2 rings (SSSR count). The summed E-state index contributed by atoms with van der Waals surface area (Å²) in [6.07, 6.45) is 4.28. The van der Waals surface area contributed by atoms with Crippen molar-refractivity contribution in [3.05, 3.63) is 0 Å². The highest BCUT2D eigenvalue weighted by Gasteiger charge is 2.22. The molecule has 2 aliphatic heterocycles.